The van der Waals surface area contributed by atoms with Crippen LogP contribution in [0.4, 0.5) is 0 Å². The number of aryl methyl sites for hydroxylation is 1. The van der Waals surface area contributed by atoms with Crippen LogP contribution >= 0.6 is 11.8 Å². The molecular formula is C24H22N2O6S. The van der Waals surface area contributed by atoms with Crippen LogP contribution in [0.15, 0.2) is 65.6 Å². The standard InChI is InChI=1S/C16H17NO4.C8H5NO2S/c1-2-12-5-6-14-11-15(8-7-13(14)10-12)21-16(18)4-3-9-17(19)20;9-5-12-8-3-1-7(2-4-8)11-6-10/h5-8,10-11H,2-4,9H2,1H3;1-4,6H. The Balaban J connectivity index is 0.000000273. The second-order valence-electron chi connectivity index (χ2n) is 6.71. The van der Waals surface area contributed by atoms with Crippen molar-refractivity contribution < 1.29 is 24.0 Å². The number of nitriles is 1. The second-order valence-corrected chi connectivity index (χ2v) is 7.57. The molecule has 170 valence electrons. The number of carbonyl (C=O) groups is 2. The Morgan fingerprint density at radius 1 is 1.09 bits per heavy atom. The average molecular weight is 467 g/mol. The Morgan fingerprint density at radius 3 is 2.39 bits per heavy atom. The third-order valence-electron chi connectivity index (χ3n) is 4.41. The van der Waals surface area contributed by atoms with Gasteiger partial charge in [0, 0.05) is 16.2 Å². The van der Waals surface area contributed by atoms with Crippen molar-refractivity contribution in [2.24, 2.45) is 0 Å². The van der Waals surface area contributed by atoms with Crippen molar-refractivity contribution in [1.29, 1.82) is 5.26 Å². The fourth-order valence-electron chi connectivity index (χ4n) is 2.79. The Labute approximate surface area is 195 Å². The molecule has 0 aliphatic carbocycles. The van der Waals surface area contributed by atoms with Crippen LogP contribution in [-0.2, 0) is 16.0 Å². The van der Waals surface area contributed by atoms with Crippen LogP contribution in [0.5, 0.6) is 11.5 Å². The summed E-state index contributed by atoms with van der Waals surface area (Å²) in [5.41, 5.74) is 1.26. The minimum absolute atomic E-state index is 0.0494. The number of carbonyl (C=O) groups excluding carboxylic acids is 2. The van der Waals surface area contributed by atoms with Crippen LogP contribution in [0.25, 0.3) is 10.8 Å². The largest absolute Gasteiger partial charge is 0.429 e. The number of thiocyanates is 1. The van der Waals surface area contributed by atoms with Crippen LogP contribution < -0.4 is 9.47 Å². The molecule has 33 heavy (non-hydrogen) atoms. The molecule has 0 spiro atoms. The summed E-state index contributed by atoms with van der Waals surface area (Å²) < 4.78 is 9.77. The molecule has 0 bridgehead atoms. The lowest BCUT2D eigenvalue weighted by Crippen LogP contribution is -2.10. The van der Waals surface area contributed by atoms with Crippen molar-refractivity contribution in [3.8, 4) is 16.9 Å². The van der Waals surface area contributed by atoms with E-state index in [1.165, 1.54) is 5.56 Å². The molecule has 3 rings (SSSR count). The lowest BCUT2D eigenvalue weighted by atomic mass is 10.1. The second kappa shape index (κ2) is 13.5. The normalized spacial score (nSPS) is 9.82. The van der Waals surface area contributed by atoms with E-state index in [0.717, 1.165) is 33.9 Å². The molecule has 3 aromatic carbocycles. The topological polar surface area (TPSA) is 120 Å². The number of nitro groups is 1. The van der Waals surface area contributed by atoms with Crippen LogP contribution in [-0.4, -0.2) is 23.9 Å². The number of nitrogens with zero attached hydrogens (tertiary/aromatic N) is 2. The zero-order valence-corrected chi connectivity index (χ0v) is 18.7. The first-order valence-electron chi connectivity index (χ1n) is 10.1. The maximum Gasteiger partial charge on any atom is 0.311 e. The van der Waals surface area contributed by atoms with Crippen molar-refractivity contribution >= 4 is 35.0 Å². The predicted molar refractivity (Wildman–Crippen MR) is 125 cm³/mol. The Kier molecular flexibility index (Phi) is 10.4. The highest BCUT2D eigenvalue weighted by Crippen LogP contribution is 2.23. The molecule has 0 N–H and O–H groups in total. The van der Waals surface area contributed by atoms with Crippen molar-refractivity contribution in [3.63, 3.8) is 0 Å². The first-order chi connectivity index (χ1) is 15.9. The fraction of sp³-hybridized carbons (Fsp3) is 0.208. The summed E-state index contributed by atoms with van der Waals surface area (Å²) >= 11 is 1.06. The van der Waals surface area contributed by atoms with E-state index in [2.05, 4.69) is 17.7 Å². The van der Waals surface area contributed by atoms with Gasteiger partial charge in [-0.05, 0) is 70.9 Å². The molecule has 0 aliphatic rings. The summed E-state index contributed by atoms with van der Waals surface area (Å²) in [6.07, 6.45) is 1.22. The Bertz CT molecular complexity index is 1140. The Hall–Kier alpha value is -3.90. The van der Waals surface area contributed by atoms with Gasteiger partial charge in [0.2, 0.25) is 6.54 Å². The van der Waals surface area contributed by atoms with Crippen molar-refractivity contribution in [3.05, 3.63) is 76.3 Å². The highest BCUT2D eigenvalue weighted by Gasteiger charge is 2.08. The molecule has 0 atom stereocenters. The van der Waals surface area contributed by atoms with Crippen LogP contribution in [0.2, 0.25) is 0 Å². The van der Waals surface area contributed by atoms with Crippen LogP contribution in [0.1, 0.15) is 25.3 Å². The summed E-state index contributed by atoms with van der Waals surface area (Å²) in [4.78, 5) is 32.1. The minimum atomic E-state index is -0.443. The van der Waals surface area contributed by atoms with Gasteiger partial charge in [-0.25, -0.2) is 0 Å². The van der Waals surface area contributed by atoms with E-state index in [4.69, 9.17) is 10.00 Å². The van der Waals surface area contributed by atoms with Gasteiger partial charge in [0.15, 0.2) is 0 Å². The minimum Gasteiger partial charge on any atom is -0.429 e. The lowest BCUT2D eigenvalue weighted by molar-refractivity contribution is -0.480. The Morgan fingerprint density at radius 2 is 1.76 bits per heavy atom. The summed E-state index contributed by atoms with van der Waals surface area (Å²) in [5, 5.41) is 22.6. The van der Waals surface area contributed by atoms with E-state index in [0.29, 0.717) is 18.0 Å². The maximum atomic E-state index is 11.6. The molecule has 0 heterocycles. The van der Waals surface area contributed by atoms with E-state index in [1.807, 2.05) is 23.6 Å². The summed E-state index contributed by atoms with van der Waals surface area (Å²) in [5.74, 6) is 0.506. The van der Waals surface area contributed by atoms with E-state index >= 15 is 0 Å². The van der Waals surface area contributed by atoms with Crippen LogP contribution in [0.3, 0.4) is 0 Å². The zero-order valence-electron chi connectivity index (χ0n) is 17.9. The molecular weight excluding hydrogens is 444 g/mol. The molecule has 0 radical (unpaired) electrons. The fourth-order valence-corrected chi connectivity index (χ4v) is 3.16. The van der Waals surface area contributed by atoms with Gasteiger partial charge in [0.05, 0.1) is 6.42 Å². The third kappa shape index (κ3) is 9.01. The summed E-state index contributed by atoms with van der Waals surface area (Å²) in [6, 6.07) is 18.3. The smallest absolute Gasteiger partial charge is 0.311 e. The highest BCUT2D eigenvalue weighted by atomic mass is 32.2. The highest BCUT2D eigenvalue weighted by molar-refractivity contribution is 8.03. The number of fused-ring (bicyclic) bond motifs is 1. The number of thioether (sulfide) groups is 1. The van der Waals surface area contributed by atoms with Gasteiger partial charge in [-0.3, -0.25) is 19.7 Å². The number of ether oxygens (including phenoxy) is 2. The number of benzene rings is 3. The van der Waals surface area contributed by atoms with Gasteiger partial charge in [-0.15, -0.1) is 0 Å². The van der Waals surface area contributed by atoms with Gasteiger partial charge in [-0.2, -0.15) is 5.26 Å². The number of esters is 1. The number of hydrogen-bond donors (Lipinski definition) is 0. The molecule has 0 amide bonds. The van der Waals surface area contributed by atoms with Gasteiger partial charge < -0.3 is 9.47 Å². The van der Waals surface area contributed by atoms with E-state index in [9.17, 15) is 19.7 Å². The molecule has 3 aromatic rings. The average Bonchev–Trinajstić information content (AvgIpc) is 2.80. The molecule has 0 aliphatic heterocycles. The van der Waals surface area contributed by atoms with Crippen molar-refractivity contribution in [1.82, 2.24) is 0 Å². The molecule has 9 heteroatoms. The molecule has 8 nitrogen and oxygen atoms in total. The van der Waals surface area contributed by atoms with Gasteiger partial charge in [0.1, 0.15) is 16.9 Å². The number of rotatable bonds is 9. The van der Waals surface area contributed by atoms with Gasteiger partial charge in [-0.1, -0.05) is 31.2 Å². The monoisotopic (exact) mass is 466 g/mol. The van der Waals surface area contributed by atoms with E-state index in [1.54, 1.807) is 36.4 Å². The molecule has 0 aromatic heterocycles. The lowest BCUT2D eigenvalue weighted by Gasteiger charge is -2.06. The predicted octanol–water partition coefficient (Wildman–Crippen LogP) is 5.16. The van der Waals surface area contributed by atoms with Gasteiger partial charge >= 0.3 is 5.97 Å². The van der Waals surface area contributed by atoms with E-state index in [-0.39, 0.29) is 19.4 Å². The molecule has 0 unspecified atom stereocenters. The van der Waals surface area contributed by atoms with Crippen molar-refractivity contribution in [2.45, 2.75) is 31.1 Å². The third-order valence-corrected chi connectivity index (χ3v) is 5.01. The SMILES string of the molecule is CCc1ccc2cc(OC(=O)CCC[N+](=O)[O-])ccc2c1.N#CSc1ccc(OC=O)cc1. The first-order valence-corrected chi connectivity index (χ1v) is 10.9. The van der Waals surface area contributed by atoms with E-state index < -0.39 is 10.9 Å². The summed E-state index contributed by atoms with van der Waals surface area (Å²) in [7, 11) is 0. The molecule has 0 fully saturated rings. The number of hydrogen-bond acceptors (Lipinski definition) is 8. The molecule has 0 saturated heterocycles. The zero-order chi connectivity index (χ0) is 24.1. The summed E-state index contributed by atoms with van der Waals surface area (Å²) in [6.45, 7) is 2.25. The molecule has 0 saturated carbocycles. The van der Waals surface area contributed by atoms with Crippen LogP contribution in [0, 0.1) is 20.8 Å². The quantitative estimate of drug-likeness (QED) is 0.0807. The maximum absolute atomic E-state index is 11.6. The first kappa shape index (κ1) is 25.4. The van der Waals surface area contributed by atoms with Crippen molar-refractivity contribution in [2.75, 3.05) is 6.54 Å². The van der Waals surface area contributed by atoms with Gasteiger partial charge in [0.25, 0.3) is 6.47 Å².